The van der Waals surface area contributed by atoms with Crippen molar-refractivity contribution in [3.8, 4) is 11.5 Å². The molecule has 0 aliphatic rings. The lowest BCUT2D eigenvalue weighted by Crippen LogP contribution is -2.30. The van der Waals surface area contributed by atoms with Gasteiger partial charge in [-0.3, -0.25) is 0 Å². The molecule has 0 aliphatic heterocycles. The molecule has 1 unspecified atom stereocenters. The molecule has 1 amide bonds. The monoisotopic (exact) mass is 518 g/mol. The Hall–Kier alpha value is -3.92. The Bertz CT molecular complexity index is 1180. The van der Waals surface area contributed by atoms with Crippen LogP contribution in [-0.2, 0) is 20.4 Å². The average molecular weight is 519 g/mol. The van der Waals surface area contributed by atoms with E-state index in [4.69, 9.17) is 9.47 Å². The highest BCUT2D eigenvalue weighted by molar-refractivity contribution is 7.97. The molecule has 0 spiro atoms. The Morgan fingerprint density at radius 1 is 0.861 bits per heavy atom. The first-order chi connectivity index (χ1) is 17.1. The lowest BCUT2D eigenvalue weighted by atomic mass is 10.3. The van der Waals surface area contributed by atoms with Crippen LogP contribution in [-0.4, -0.2) is 31.6 Å². The van der Waals surface area contributed by atoms with Gasteiger partial charge in [-0.25, -0.2) is 9.59 Å². The third kappa shape index (κ3) is 8.09. The zero-order valence-electron chi connectivity index (χ0n) is 19.2. The van der Waals surface area contributed by atoms with E-state index in [2.05, 4.69) is 16.6 Å². The highest BCUT2D eigenvalue weighted by Gasteiger charge is 2.32. The predicted octanol–water partition coefficient (Wildman–Crippen LogP) is 5.89. The second kappa shape index (κ2) is 12.2. The van der Waals surface area contributed by atoms with Gasteiger partial charge in [-0.1, -0.05) is 24.8 Å². The molecular weight excluding hydrogens is 495 g/mol. The van der Waals surface area contributed by atoms with Gasteiger partial charge in [-0.2, -0.15) is 0 Å². The summed E-state index contributed by atoms with van der Waals surface area (Å²) in [6.45, 7) is 5.04. The zero-order valence-corrected chi connectivity index (χ0v) is 20.0. The molecular formula is C26H23F3NO5S+. The van der Waals surface area contributed by atoms with Crippen molar-refractivity contribution in [3.63, 3.8) is 0 Å². The number of esters is 1. The van der Waals surface area contributed by atoms with E-state index in [0.717, 1.165) is 14.7 Å². The molecule has 0 fully saturated rings. The SMILES string of the molecule is C=C(C)C(=O)OCCNC(=O)Oc1ccc([S+](c2ccccc2)c2ccc(OC(F)(F)F)cc2)cc1. The quantitative estimate of drug-likeness (QED) is 0.166. The van der Waals surface area contributed by atoms with Crippen molar-refractivity contribution >= 4 is 23.0 Å². The van der Waals surface area contributed by atoms with E-state index >= 15 is 0 Å². The average Bonchev–Trinajstić information content (AvgIpc) is 2.83. The third-order valence-electron chi connectivity index (χ3n) is 4.49. The highest BCUT2D eigenvalue weighted by Crippen LogP contribution is 2.33. The largest absolute Gasteiger partial charge is 0.573 e. The smallest absolute Gasteiger partial charge is 0.460 e. The van der Waals surface area contributed by atoms with Crippen LogP contribution >= 0.6 is 0 Å². The second-order valence-corrected chi connectivity index (χ2v) is 9.37. The molecule has 0 aromatic heterocycles. The van der Waals surface area contributed by atoms with Gasteiger partial charge < -0.3 is 19.5 Å². The number of carbonyl (C=O) groups excluding carboxylic acids is 2. The summed E-state index contributed by atoms with van der Waals surface area (Å²) >= 11 is 0. The summed E-state index contributed by atoms with van der Waals surface area (Å²) in [6.07, 6.45) is -5.48. The highest BCUT2D eigenvalue weighted by atomic mass is 32.2. The van der Waals surface area contributed by atoms with Crippen molar-refractivity contribution in [1.82, 2.24) is 5.32 Å². The molecule has 3 aromatic carbocycles. The maximum absolute atomic E-state index is 12.5. The minimum Gasteiger partial charge on any atom is -0.460 e. The summed E-state index contributed by atoms with van der Waals surface area (Å²) in [6, 6.07) is 22.1. The van der Waals surface area contributed by atoms with Crippen LogP contribution in [0.3, 0.4) is 0 Å². The summed E-state index contributed by atoms with van der Waals surface area (Å²) in [5.74, 6) is -0.551. The second-order valence-electron chi connectivity index (χ2n) is 7.34. The number of benzene rings is 3. The Kier molecular flexibility index (Phi) is 9.02. The standard InChI is InChI=1S/C26H22F3NO5S/c1-18(2)24(31)33-17-16-30-25(32)34-19-8-12-22(13-9-19)36(21-6-4-3-5-7-21)23-14-10-20(11-15-23)35-26(27,28)29/h3-15H,1,16-17H2,2H3/p+1. The van der Waals surface area contributed by atoms with Crippen molar-refractivity contribution in [3.05, 3.63) is 91.0 Å². The van der Waals surface area contributed by atoms with Crippen LogP contribution in [0.1, 0.15) is 6.92 Å². The van der Waals surface area contributed by atoms with Gasteiger partial charge in [0.2, 0.25) is 0 Å². The fourth-order valence-electron chi connectivity index (χ4n) is 2.95. The first-order valence-corrected chi connectivity index (χ1v) is 11.9. The number of hydrogen-bond donors (Lipinski definition) is 1. The van der Waals surface area contributed by atoms with Crippen LogP contribution in [0.4, 0.5) is 18.0 Å². The van der Waals surface area contributed by atoms with Crippen molar-refractivity contribution in [2.24, 2.45) is 0 Å². The molecule has 0 aliphatic carbocycles. The van der Waals surface area contributed by atoms with Gasteiger partial charge in [0.05, 0.1) is 17.4 Å². The Morgan fingerprint density at radius 2 is 1.39 bits per heavy atom. The minimum absolute atomic E-state index is 0.0214. The maximum Gasteiger partial charge on any atom is 0.573 e. The van der Waals surface area contributed by atoms with Crippen LogP contribution in [0.5, 0.6) is 11.5 Å². The van der Waals surface area contributed by atoms with Gasteiger partial charge >= 0.3 is 18.4 Å². The number of rotatable bonds is 9. The van der Waals surface area contributed by atoms with E-state index < -0.39 is 29.3 Å². The molecule has 0 bridgehead atoms. The Labute approximate surface area is 209 Å². The van der Waals surface area contributed by atoms with E-state index in [1.807, 2.05) is 30.3 Å². The summed E-state index contributed by atoms with van der Waals surface area (Å²) < 4.78 is 51.7. The number of hydrogen-bond acceptors (Lipinski definition) is 5. The lowest BCUT2D eigenvalue weighted by molar-refractivity contribution is -0.274. The summed E-state index contributed by atoms with van der Waals surface area (Å²) in [5.41, 5.74) is 0.262. The van der Waals surface area contributed by atoms with E-state index in [0.29, 0.717) is 5.75 Å². The van der Waals surface area contributed by atoms with Crippen LogP contribution in [0.2, 0.25) is 0 Å². The molecule has 0 saturated carbocycles. The maximum atomic E-state index is 12.5. The summed E-state index contributed by atoms with van der Waals surface area (Å²) in [4.78, 5) is 25.9. The molecule has 0 heterocycles. The molecule has 3 rings (SSSR count). The van der Waals surface area contributed by atoms with Gasteiger partial charge in [0.1, 0.15) is 18.1 Å². The number of alkyl halides is 3. The van der Waals surface area contributed by atoms with Crippen molar-refractivity contribution < 1.29 is 37.0 Å². The molecule has 6 nitrogen and oxygen atoms in total. The van der Waals surface area contributed by atoms with E-state index in [1.165, 1.54) is 19.1 Å². The van der Waals surface area contributed by atoms with Crippen molar-refractivity contribution in [2.45, 2.75) is 28.0 Å². The molecule has 3 aromatic rings. The van der Waals surface area contributed by atoms with E-state index in [-0.39, 0.29) is 24.5 Å². The topological polar surface area (TPSA) is 73.9 Å². The number of amides is 1. The molecule has 188 valence electrons. The zero-order chi connectivity index (χ0) is 26.1. The fourth-order valence-corrected chi connectivity index (χ4v) is 5.01. The molecule has 0 saturated heterocycles. The third-order valence-corrected chi connectivity index (χ3v) is 6.73. The van der Waals surface area contributed by atoms with Crippen LogP contribution < -0.4 is 14.8 Å². The normalized spacial score (nSPS) is 11.8. The fraction of sp³-hybridized carbons (Fsp3) is 0.154. The Morgan fingerprint density at radius 3 is 1.92 bits per heavy atom. The number of nitrogens with one attached hydrogen (secondary N) is 1. The Balaban J connectivity index is 1.69. The van der Waals surface area contributed by atoms with Gasteiger partial charge in [0, 0.05) is 5.57 Å². The number of ether oxygens (including phenoxy) is 3. The number of carbonyl (C=O) groups is 2. The van der Waals surface area contributed by atoms with Crippen LogP contribution in [0, 0.1) is 0 Å². The van der Waals surface area contributed by atoms with E-state index in [1.54, 1.807) is 36.4 Å². The number of halogens is 3. The van der Waals surface area contributed by atoms with Crippen molar-refractivity contribution in [1.29, 1.82) is 0 Å². The lowest BCUT2D eigenvalue weighted by Gasteiger charge is -2.11. The summed E-state index contributed by atoms with van der Waals surface area (Å²) in [5, 5.41) is 2.48. The van der Waals surface area contributed by atoms with Crippen LogP contribution in [0.15, 0.2) is 106 Å². The molecule has 10 heteroatoms. The molecule has 0 radical (unpaired) electrons. The van der Waals surface area contributed by atoms with Crippen molar-refractivity contribution in [2.75, 3.05) is 13.2 Å². The minimum atomic E-state index is -4.76. The molecule has 36 heavy (non-hydrogen) atoms. The van der Waals surface area contributed by atoms with Gasteiger partial charge in [0.15, 0.2) is 14.7 Å². The first-order valence-electron chi connectivity index (χ1n) is 10.7. The van der Waals surface area contributed by atoms with Gasteiger partial charge in [-0.15, -0.1) is 13.2 Å². The van der Waals surface area contributed by atoms with Gasteiger partial charge in [0.25, 0.3) is 0 Å². The molecule has 1 N–H and O–H groups in total. The van der Waals surface area contributed by atoms with E-state index in [9.17, 15) is 22.8 Å². The summed E-state index contributed by atoms with van der Waals surface area (Å²) in [7, 11) is -0.630. The van der Waals surface area contributed by atoms with Crippen LogP contribution in [0.25, 0.3) is 0 Å². The predicted molar refractivity (Wildman–Crippen MR) is 128 cm³/mol. The van der Waals surface area contributed by atoms with Gasteiger partial charge in [-0.05, 0) is 67.6 Å². The first kappa shape index (κ1) is 26.7. The molecule has 1 atom stereocenters.